The van der Waals surface area contributed by atoms with Gasteiger partial charge in [0.2, 0.25) is 0 Å². The van der Waals surface area contributed by atoms with E-state index in [1.807, 2.05) is 37.3 Å². The summed E-state index contributed by atoms with van der Waals surface area (Å²) >= 11 is 0. The average Bonchev–Trinajstić information content (AvgIpc) is 2.91. The second-order valence-corrected chi connectivity index (χ2v) is 5.46. The highest BCUT2D eigenvalue weighted by Crippen LogP contribution is 2.34. The molecular weight excluding hydrogens is 304 g/mol. The number of esters is 1. The van der Waals surface area contributed by atoms with E-state index in [0.717, 1.165) is 22.9 Å². The smallest absolute Gasteiger partial charge is 0.355 e. The number of carbonyl (C=O) groups is 2. The summed E-state index contributed by atoms with van der Waals surface area (Å²) in [4.78, 5) is 28.2. The highest BCUT2D eigenvalue weighted by Gasteiger charge is 2.25. The zero-order valence-corrected chi connectivity index (χ0v) is 13.7. The third-order valence-corrected chi connectivity index (χ3v) is 3.89. The third kappa shape index (κ3) is 2.69. The molecule has 0 saturated carbocycles. The standard InChI is InChI=1S/C19H18N2O3/c1-3-24-19(23)18-16(14-8-6-13(2)7-9-14)17-15(5-4-10-20-17)21(18)11-12-22/h4-10,12H,3,11H2,1-2H3. The minimum absolute atomic E-state index is 0.0716. The number of rotatable bonds is 5. The SMILES string of the molecule is CCOC(=O)c1c(-c2ccc(C)cc2)c2ncccc2n1CC=O. The molecule has 1 aromatic carbocycles. The van der Waals surface area contributed by atoms with E-state index < -0.39 is 5.97 Å². The monoisotopic (exact) mass is 322 g/mol. The molecular formula is C19H18N2O3. The summed E-state index contributed by atoms with van der Waals surface area (Å²) in [5.74, 6) is -0.451. The van der Waals surface area contributed by atoms with Gasteiger partial charge in [-0.25, -0.2) is 4.79 Å². The number of nitrogens with zero attached hydrogens (tertiary/aromatic N) is 2. The van der Waals surface area contributed by atoms with Crippen LogP contribution in [0.3, 0.4) is 0 Å². The molecule has 0 radical (unpaired) electrons. The van der Waals surface area contributed by atoms with Crippen LogP contribution in [-0.4, -0.2) is 28.4 Å². The number of carbonyl (C=O) groups excluding carboxylic acids is 2. The Labute approximate surface area is 139 Å². The quantitative estimate of drug-likeness (QED) is 0.533. The number of fused-ring (bicyclic) bond motifs is 1. The van der Waals surface area contributed by atoms with E-state index in [1.54, 1.807) is 23.8 Å². The first-order chi connectivity index (χ1) is 11.7. The maximum atomic E-state index is 12.6. The zero-order chi connectivity index (χ0) is 17.1. The van der Waals surface area contributed by atoms with E-state index in [2.05, 4.69) is 4.98 Å². The highest BCUT2D eigenvalue weighted by molar-refractivity contribution is 6.07. The van der Waals surface area contributed by atoms with Crippen LogP contribution in [0.15, 0.2) is 42.6 Å². The fourth-order valence-electron chi connectivity index (χ4n) is 2.84. The molecule has 0 fully saturated rings. The van der Waals surface area contributed by atoms with Crippen LogP contribution in [0.25, 0.3) is 22.2 Å². The fourth-order valence-corrected chi connectivity index (χ4v) is 2.84. The molecule has 3 aromatic rings. The van der Waals surface area contributed by atoms with Crippen molar-refractivity contribution in [2.45, 2.75) is 20.4 Å². The lowest BCUT2D eigenvalue weighted by Gasteiger charge is -2.09. The summed E-state index contributed by atoms with van der Waals surface area (Å²) in [6, 6.07) is 11.5. The average molecular weight is 322 g/mol. The molecule has 2 aromatic heterocycles. The van der Waals surface area contributed by atoms with Crippen LogP contribution in [0.2, 0.25) is 0 Å². The van der Waals surface area contributed by atoms with Crippen LogP contribution >= 0.6 is 0 Å². The molecule has 0 aliphatic rings. The van der Waals surface area contributed by atoms with Gasteiger partial charge >= 0.3 is 5.97 Å². The molecule has 0 bridgehead atoms. The molecule has 3 rings (SSSR count). The van der Waals surface area contributed by atoms with E-state index in [9.17, 15) is 9.59 Å². The summed E-state index contributed by atoms with van der Waals surface area (Å²) in [7, 11) is 0. The number of pyridine rings is 1. The lowest BCUT2D eigenvalue weighted by Crippen LogP contribution is -2.14. The van der Waals surface area contributed by atoms with Gasteiger partial charge in [0.15, 0.2) is 0 Å². The predicted octanol–water partition coefficient (Wildman–Crippen LogP) is 3.39. The van der Waals surface area contributed by atoms with Crippen LogP contribution < -0.4 is 0 Å². The van der Waals surface area contributed by atoms with Gasteiger partial charge < -0.3 is 14.1 Å². The Hall–Kier alpha value is -2.95. The van der Waals surface area contributed by atoms with Crippen LogP contribution in [0.5, 0.6) is 0 Å². The summed E-state index contributed by atoms with van der Waals surface area (Å²) < 4.78 is 6.90. The molecule has 0 amide bonds. The van der Waals surface area contributed by atoms with Gasteiger partial charge in [-0.3, -0.25) is 4.98 Å². The van der Waals surface area contributed by atoms with Crippen molar-refractivity contribution in [1.29, 1.82) is 0 Å². The van der Waals surface area contributed by atoms with Gasteiger partial charge in [0, 0.05) is 11.8 Å². The topological polar surface area (TPSA) is 61.2 Å². The molecule has 0 atom stereocenters. The molecule has 2 heterocycles. The lowest BCUT2D eigenvalue weighted by atomic mass is 10.0. The Morgan fingerprint density at radius 1 is 1.25 bits per heavy atom. The van der Waals surface area contributed by atoms with Gasteiger partial charge in [-0.1, -0.05) is 29.8 Å². The Kier molecular flexibility index (Phi) is 4.42. The van der Waals surface area contributed by atoms with Gasteiger partial charge in [0.05, 0.1) is 24.2 Å². The maximum Gasteiger partial charge on any atom is 0.355 e. The molecule has 5 nitrogen and oxygen atoms in total. The molecule has 0 N–H and O–H groups in total. The minimum atomic E-state index is -0.451. The van der Waals surface area contributed by atoms with Crippen molar-refractivity contribution in [3.8, 4) is 11.1 Å². The van der Waals surface area contributed by atoms with Crippen molar-refractivity contribution >= 4 is 23.3 Å². The van der Waals surface area contributed by atoms with Gasteiger partial charge in [0.25, 0.3) is 0 Å². The molecule has 122 valence electrons. The maximum absolute atomic E-state index is 12.6. The van der Waals surface area contributed by atoms with Crippen LogP contribution in [0.4, 0.5) is 0 Å². The van der Waals surface area contributed by atoms with Crippen molar-refractivity contribution in [3.63, 3.8) is 0 Å². The highest BCUT2D eigenvalue weighted by atomic mass is 16.5. The van der Waals surface area contributed by atoms with Crippen molar-refractivity contribution in [2.24, 2.45) is 0 Å². The van der Waals surface area contributed by atoms with E-state index in [4.69, 9.17) is 4.74 Å². The Morgan fingerprint density at radius 3 is 2.67 bits per heavy atom. The Bertz CT molecular complexity index is 895. The Morgan fingerprint density at radius 2 is 2.00 bits per heavy atom. The van der Waals surface area contributed by atoms with E-state index >= 15 is 0 Å². The van der Waals surface area contributed by atoms with E-state index in [-0.39, 0.29) is 13.2 Å². The summed E-state index contributed by atoms with van der Waals surface area (Å²) in [5, 5.41) is 0. The number of hydrogen-bond acceptors (Lipinski definition) is 4. The van der Waals surface area contributed by atoms with Crippen LogP contribution in [0, 0.1) is 6.92 Å². The van der Waals surface area contributed by atoms with Crippen molar-refractivity contribution < 1.29 is 14.3 Å². The molecule has 0 spiro atoms. The first-order valence-corrected chi connectivity index (χ1v) is 7.82. The predicted molar refractivity (Wildman–Crippen MR) is 91.9 cm³/mol. The van der Waals surface area contributed by atoms with Gasteiger partial charge in [-0.15, -0.1) is 0 Å². The van der Waals surface area contributed by atoms with Gasteiger partial charge in [0.1, 0.15) is 12.0 Å². The lowest BCUT2D eigenvalue weighted by molar-refractivity contribution is -0.108. The normalized spacial score (nSPS) is 10.8. The second-order valence-electron chi connectivity index (χ2n) is 5.46. The molecule has 24 heavy (non-hydrogen) atoms. The van der Waals surface area contributed by atoms with Crippen molar-refractivity contribution in [1.82, 2.24) is 9.55 Å². The van der Waals surface area contributed by atoms with E-state index in [0.29, 0.717) is 16.8 Å². The van der Waals surface area contributed by atoms with Gasteiger partial charge in [-0.05, 0) is 31.5 Å². The third-order valence-electron chi connectivity index (χ3n) is 3.89. The largest absolute Gasteiger partial charge is 0.461 e. The Balaban J connectivity index is 2.36. The van der Waals surface area contributed by atoms with Crippen LogP contribution in [0.1, 0.15) is 23.0 Å². The number of ether oxygens (including phenoxy) is 1. The van der Waals surface area contributed by atoms with Crippen molar-refractivity contribution in [2.75, 3.05) is 6.61 Å². The fraction of sp³-hybridized carbons (Fsp3) is 0.211. The molecule has 0 unspecified atom stereocenters. The van der Waals surface area contributed by atoms with Crippen LogP contribution in [-0.2, 0) is 16.1 Å². The number of benzene rings is 1. The number of hydrogen-bond donors (Lipinski definition) is 0. The number of aryl methyl sites for hydroxylation is 1. The van der Waals surface area contributed by atoms with E-state index in [1.165, 1.54) is 0 Å². The summed E-state index contributed by atoms with van der Waals surface area (Å²) in [6.07, 6.45) is 2.45. The second kappa shape index (κ2) is 6.66. The zero-order valence-electron chi connectivity index (χ0n) is 13.7. The van der Waals surface area contributed by atoms with Gasteiger partial charge in [-0.2, -0.15) is 0 Å². The minimum Gasteiger partial charge on any atom is -0.461 e. The first-order valence-electron chi connectivity index (χ1n) is 7.82. The number of aldehydes is 1. The summed E-state index contributed by atoms with van der Waals surface area (Å²) in [5.41, 5.74) is 4.49. The van der Waals surface area contributed by atoms with Crippen molar-refractivity contribution in [3.05, 3.63) is 53.9 Å². The molecule has 5 heteroatoms. The first kappa shape index (κ1) is 15.9. The molecule has 0 aliphatic heterocycles. The summed E-state index contributed by atoms with van der Waals surface area (Å²) in [6.45, 7) is 4.10. The molecule has 0 aliphatic carbocycles. The number of aromatic nitrogens is 2. The molecule has 0 saturated heterocycles.